The van der Waals surface area contributed by atoms with Crippen molar-refractivity contribution < 1.29 is 0 Å². The van der Waals surface area contributed by atoms with Crippen LogP contribution in [0.5, 0.6) is 0 Å². The van der Waals surface area contributed by atoms with Crippen LogP contribution in [0.3, 0.4) is 0 Å². The van der Waals surface area contributed by atoms with E-state index in [1.807, 2.05) is 11.8 Å². The van der Waals surface area contributed by atoms with Crippen LogP contribution >= 0.6 is 11.8 Å². The van der Waals surface area contributed by atoms with Crippen molar-refractivity contribution in [3.05, 3.63) is 315 Å². The summed E-state index contributed by atoms with van der Waals surface area (Å²) in [5.41, 5.74) is 24.6. The average Bonchev–Trinajstić information content (AvgIpc) is 0.744. The van der Waals surface area contributed by atoms with Gasteiger partial charge in [0.1, 0.15) is 0 Å². The molecule has 8 heteroatoms. The molecule has 410 valence electrons. The summed E-state index contributed by atoms with van der Waals surface area (Å²) in [5.74, 6) is 0. The van der Waals surface area contributed by atoms with Crippen molar-refractivity contribution in [3.63, 3.8) is 0 Å². The third-order valence-electron chi connectivity index (χ3n) is 18.2. The topological polar surface area (TPSA) is 13.0 Å². The van der Waals surface area contributed by atoms with Crippen molar-refractivity contribution in [3.8, 4) is 11.1 Å². The molecule has 0 radical (unpaired) electrons. The second-order valence-corrected chi connectivity index (χ2v) is 26.3. The van der Waals surface area contributed by atoms with Crippen LogP contribution in [0.2, 0.25) is 0 Å². The first-order chi connectivity index (χ1) is 43.7. The molecule has 0 spiro atoms. The van der Waals surface area contributed by atoms with Gasteiger partial charge in [0.15, 0.2) is 0 Å². The van der Waals surface area contributed by atoms with E-state index in [2.05, 4.69) is 335 Å². The van der Waals surface area contributed by atoms with Crippen molar-refractivity contribution in [1.82, 2.24) is 0 Å². The fourth-order valence-electron chi connectivity index (χ4n) is 14.6. The Morgan fingerprint density at radius 3 is 1.22 bits per heavy atom. The predicted molar refractivity (Wildman–Crippen MR) is 377 cm³/mol. The molecule has 0 saturated heterocycles. The monoisotopic (exact) mass is 1200 g/mol. The fraction of sp³-hybridized carbons (Fsp3) is 0. The van der Waals surface area contributed by atoms with Gasteiger partial charge in [-0.25, -0.2) is 0 Å². The Kier molecular flexibility index (Phi) is 12.0. The van der Waals surface area contributed by atoms with Gasteiger partial charge in [0.25, 0.3) is 0 Å². The van der Waals surface area contributed by atoms with E-state index >= 15 is 0 Å². The molecule has 0 N–H and O–H groups in total. The van der Waals surface area contributed by atoms with Crippen LogP contribution in [-0.2, 0) is 0 Å². The molecule has 4 aliphatic rings. The molecule has 18 rings (SSSR count). The summed E-state index contributed by atoms with van der Waals surface area (Å²) in [6.45, 7) is -0.175. The minimum atomic E-state index is -0.206. The van der Waals surface area contributed by atoms with Crippen molar-refractivity contribution in [2.24, 2.45) is 0 Å². The third-order valence-corrected chi connectivity index (χ3v) is 21.9. The molecule has 88 heavy (non-hydrogen) atoms. The number of hydrogen-bond acceptors (Lipinski definition) is 5. The fourth-order valence-corrected chi connectivity index (χ4v) is 18.9. The molecule has 0 amide bonds. The Hall–Kier alpha value is -10.2. The molecule has 0 aromatic heterocycles. The summed E-state index contributed by atoms with van der Waals surface area (Å²) in [6, 6.07) is 118. The maximum absolute atomic E-state index is 2.72. The molecule has 0 atom stereocenters. The SMILES string of the molecule is c1ccc(N(c2ccccc2)c2cc3c4c(c2)N(c2ccccc2)c2ccccc2B4c2cc4c(c(-c5c6ccccc6cc6ccccc56)c2S3)[Se]c2cc(N(c3ccccc3)c3ccccc3)cc3c2B4c2ccccc2N3c2ccccc2)cc1. The van der Waals surface area contributed by atoms with E-state index in [4.69, 9.17) is 0 Å². The number of rotatable bonds is 9. The molecule has 0 aliphatic carbocycles. The number of nitrogens with zero attached hydrogens (tertiary/aromatic N) is 4. The quantitative estimate of drug-likeness (QED) is 0.105. The van der Waals surface area contributed by atoms with E-state index in [-0.39, 0.29) is 28.4 Å². The predicted octanol–water partition coefficient (Wildman–Crippen LogP) is 15.6. The van der Waals surface area contributed by atoms with E-state index < -0.39 is 0 Å². The van der Waals surface area contributed by atoms with Gasteiger partial charge in [0, 0.05) is 0 Å². The van der Waals surface area contributed by atoms with Crippen molar-refractivity contribution in [1.29, 1.82) is 0 Å². The van der Waals surface area contributed by atoms with E-state index in [1.165, 1.54) is 107 Å². The minimum absolute atomic E-state index is 0.0776. The number of fused-ring (bicyclic) bond motifs is 10. The molecule has 0 unspecified atom stereocenters. The van der Waals surface area contributed by atoms with Crippen LogP contribution in [0.15, 0.2) is 325 Å². The Labute approximate surface area is 523 Å². The number of benzene rings is 14. The number of anilines is 12. The Morgan fingerprint density at radius 2 is 0.716 bits per heavy atom. The molecular formula is C80H52B2N4SSe. The van der Waals surface area contributed by atoms with Gasteiger partial charge in [0.05, 0.1) is 0 Å². The molecule has 14 aromatic carbocycles. The van der Waals surface area contributed by atoms with Crippen LogP contribution < -0.4 is 61.3 Å². The van der Waals surface area contributed by atoms with Gasteiger partial charge in [-0.1, -0.05) is 0 Å². The van der Waals surface area contributed by atoms with Gasteiger partial charge in [0.2, 0.25) is 0 Å². The zero-order valence-corrected chi connectivity index (χ0v) is 50.3. The van der Waals surface area contributed by atoms with Crippen LogP contribution in [-0.4, -0.2) is 28.4 Å². The van der Waals surface area contributed by atoms with Crippen LogP contribution in [0.1, 0.15) is 0 Å². The second kappa shape index (κ2) is 20.8. The maximum atomic E-state index is 2.72. The molecule has 14 aromatic rings. The standard InChI is InChI=1S/C80H52B2N4SSe/c1-7-29-55(30-8-1)83(56-31-9-2-10-32-56)61-48-71-77-73(50-61)87-79-67(81(77)65-43-23-25-45-69(65)85(71)59-37-15-5-16-38-59)52-68-80(76(79)75-63-41-21-19-27-53(63)47-54-28-20-22-42-64(54)75)88-74-51-62(84(57-33-11-3-12-34-57)58-35-13-4-14-36-58)49-72-78(74)82(68)66-44-24-26-46-70(66)86(72)60-39-17-6-18-40-60/h1-52H. The second-order valence-electron chi connectivity index (χ2n) is 23.1. The van der Waals surface area contributed by atoms with Gasteiger partial charge >= 0.3 is 528 Å². The normalized spacial score (nSPS) is 13.0. The zero-order valence-electron chi connectivity index (χ0n) is 47.8. The zero-order chi connectivity index (χ0) is 57.8. The molecule has 4 aliphatic heterocycles. The third kappa shape index (κ3) is 8.03. The molecular weight excluding hydrogens is 1150 g/mol. The Bertz CT molecular complexity index is 4690. The molecule has 0 bridgehead atoms. The average molecular weight is 1200 g/mol. The molecule has 4 heterocycles. The van der Waals surface area contributed by atoms with E-state index in [1.54, 1.807) is 0 Å². The van der Waals surface area contributed by atoms with Gasteiger partial charge in [-0.05, 0) is 0 Å². The van der Waals surface area contributed by atoms with E-state index in [0.717, 1.165) is 45.5 Å². The van der Waals surface area contributed by atoms with Crippen LogP contribution in [0.4, 0.5) is 68.2 Å². The van der Waals surface area contributed by atoms with Gasteiger partial charge in [-0.3, -0.25) is 0 Å². The summed E-state index contributed by atoms with van der Waals surface area (Å²) < 4.78 is 2.84. The summed E-state index contributed by atoms with van der Waals surface area (Å²) in [4.78, 5) is 12.6. The number of para-hydroxylation sites is 8. The molecule has 0 saturated carbocycles. The van der Waals surface area contributed by atoms with Crippen molar-refractivity contribution in [2.45, 2.75) is 9.79 Å². The van der Waals surface area contributed by atoms with Gasteiger partial charge in [-0.15, -0.1) is 0 Å². The Morgan fingerprint density at radius 1 is 0.307 bits per heavy atom. The van der Waals surface area contributed by atoms with Crippen molar-refractivity contribution in [2.75, 3.05) is 19.6 Å². The molecule has 0 fully saturated rings. The van der Waals surface area contributed by atoms with Crippen LogP contribution in [0, 0.1) is 0 Å². The first-order valence-corrected chi connectivity index (χ1v) is 32.7. The summed E-state index contributed by atoms with van der Waals surface area (Å²) >= 11 is 1.78. The summed E-state index contributed by atoms with van der Waals surface area (Å²) in [6.07, 6.45) is 0. The van der Waals surface area contributed by atoms with Gasteiger partial charge in [-0.2, -0.15) is 0 Å². The first kappa shape index (κ1) is 51.1. The van der Waals surface area contributed by atoms with Crippen molar-refractivity contribution >= 4 is 172 Å². The Balaban J connectivity index is 0.976. The number of hydrogen-bond donors (Lipinski definition) is 0. The first-order valence-electron chi connectivity index (χ1n) is 30.2. The summed E-state index contributed by atoms with van der Waals surface area (Å²) in [5, 5.41) is 5.02. The molecule has 4 nitrogen and oxygen atoms in total. The van der Waals surface area contributed by atoms with Gasteiger partial charge < -0.3 is 0 Å². The van der Waals surface area contributed by atoms with E-state index in [9.17, 15) is 0 Å². The van der Waals surface area contributed by atoms with E-state index in [0.29, 0.717) is 0 Å². The van der Waals surface area contributed by atoms with Crippen LogP contribution in [0.25, 0.3) is 32.7 Å². The summed E-state index contributed by atoms with van der Waals surface area (Å²) in [7, 11) is 0.